The lowest BCUT2D eigenvalue weighted by atomic mass is 10.2. The Morgan fingerprint density at radius 2 is 2.05 bits per heavy atom. The van der Waals surface area contributed by atoms with Gasteiger partial charge in [0.1, 0.15) is 0 Å². The van der Waals surface area contributed by atoms with E-state index >= 15 is 0 Å². The van der Waals surface area contributed by atoms with Crippen molar-refractivity contribution in [3.8, 4) is 0 Å². The molecule has 0 aliphatic heterocycles. The van der Waals surface area contributed by atoms with E-state index in [1.807, 2.05) is 29.2 Å². The molecule has 0 radical (unpaired) electrons. The minimum atomic E-state index is 0. The fraction of sp³-hybridized carbons (Fsp3) is 0.533. The van der Waals surface area contributed by atoms with Crippen LogP contribution in [0.1, 0.15) is 18.4 Å². The summed E-state index contributed by atoms with van der Waals surface area (Å²) in [5.41, 5.74) is 1.12. The number of hydrogen-bond acceptors (Lipinski definition) is 3. The van der Waals surface area contributed by atoms with Gasteiger partial charge in [-0.1, -0.05) is 23.7 Å². The number of hydrogen-bond donors (Lipinski definition) is 1. The molecule has 0 atom stereocenters. The van der Waals surface area contributed by atoms with Crippen molar-refractivity contribution in [3.05, 3.63) is 34.9 Å². The maximum absolute atomic E-state index is 12.3. The Kier molecular flexibility index (Phi) is 8.04. The third-order valence-electron chi connectivity index (χ3n) is 3.33. The molecule has 1 fully saturated rings. The van der Waals surface area contributed by atoms with Gasteiger partial charge in [-0.2, -0.15) is 0 Å². The number of carbonyl (C=O) groups excluding carboxylic acids is 1. The highest BCUT2D eigenvalue weighted by atomic mass is 35.5. The molecule has 1 aromatic carbocycles. The molecule has 118 valence electrons. The Balaban J connectivity index is 0.00000220. The Bertz CT molecular complexity index is 436. The van der Waals surface area contributed by atoms with Gasteiger partial charge in [0, 0.05) is 31.3 Å². The van der Waals surface area contributed by atoms with Crippen LogP contribution in [0, 0.1) is 0 Å². The van der Waals surface area contributed by atoms with Crippen LogP contribution in [-0.4, -0.2) is 43.7 Å². The first kappa shape index (κ1) is 18.2. The first-order valence-electron chi connectivity index (χ1n) is 6.94. The molecule has 0 aromatic heterocycles. The van der Waals surface area contributed by atoms with E-state index in [4.69, 9.17) is 16.3 Å². The van der Waals surface area contributed by atoms with Crippen molar-refractivity contribution < 1.29 is 9.53 Å². The molecule has 0 unspecified atom stereocenters. The Morgan fingerprint density at radius 1 is 1.38 bits per heavy atom. The standard InChI is InChI=1S/C15H21ClN2O2.ClH/c1-20-9-8-17-10-15(19)18(14-6-7-14)11-12-2-4-13(16)5-3-12;/h2-5,14,17H,6-11H2,1H3;1H. The van der Waals surface area contributed by atoms with Gasteiger partial charge in [-0.3, -0.25) is 4.79 Å². The van der Waals surface area contributed by atoms with Crippen molar-refractivity contribution in [2.75, 3.05) is 26.8 Å². The van der Waals surface area contributed by atoms with Crippen LogP contribution in [0.3, 0.4) is 0 Å². The summed E-state index contributed by atoms with van der Waals surface area (Å²) in [5, 5.41) is 3.83. The number of rotatable bonds is 8. The number of methoxy groups -OCH3 is 1. The second-order valence-corrected chi connectivity index (χ2v) is 5.49. The van der Waals surface area contributed by atoms with Crippen LogP contribution >= 0.6 is 24.0 Å². The summed E-state index contributed by atoms with van der Waals surface area (Å²) in [6, 6.07) is 8.08. The topological polar surface area (TPSA) is 41.6 Å². The monoisotopic (exact) mass is 332 g/mol. The smallest absolute Gasteiger partial charge is 0.237 e. The molecular formula is C15H22Cl2N2O2. The summed E-state index contributed by atoms with van der Waals surface area (Å²) in [4.78, 5) is 14.2. The Labute approximate surface area is 137 Å². The zero-order valence-electron chi connectivity index (χ0n) is 12.2. The molecule has 1 N–H and O–H groups in total. The van der Waals surface area contributed by atoms with Crippen molar-refractivity contribution >= 4 is 29.9 Å². The van der Waals surface area contributed by atoms with Gasteiger partial charge in [0.15, 0.2) is 0 Å². The quantitative estimate of drug-likeness (QED) is 0.743. The van der Waals surface area contributed by atoms with Crippen LogP contribution in [0.25, 0.3) is 0 Å². The molecule has 1 saturated carbocycles. The second kappa shape index (κ2) is 9.26. The number of amides is 1. The minimum Gasteiger partial charge on any atom is -0.383 e. The lowest BCUT2D eigenvalue weighted by molar-refractivity contribution is -0.131. The van der Waals surface area contributed by atoms with Crippen molar-refractivity contribution in [3.63, 3.8) is 0 Å². The molecule has 1 amide bonds. The van der Waals surface area contributed by atoms with Gasteiger partial charge in [-0.25, -0.2) is 0 Å². The van der Waals surface area contributed by atoms with Gasteiger partial charge >= 0.3 is 0 Å². The molecular weight excluding hydrogens is 311 g/mol. The van der Waals surface area contributed by atoms with E-state index in [0.717, 1.165) is 23.4 Å². The number of ether oxygens (including phenoxy) is 1. The predicted molar refractivity (Wildman–Crippen MR) is 87.0 cm³/mol. The number of halogens is 2. The van der Waals surface area contributed by atoms with Crippen molar-refractivity contribution in [2.45, 2.75) is 25.4 Å². The van der Waals surface area contributed by atoms with Gasteiger partial charge in [0.25, 0.3) is 0 Å². The third-order valence-corrected chi connectivity index (χ3v) is 3.59. The van der Waals surface area contributed by atoms with E-state index in [-0.39, 0.29) is 18.3 Å². The fourth-order valence-electron chi connectivity index (χ4n) is 2.06. The largest absolute Gasteiger partial charge is 0.383 e. The van der Waals surface area contributed by atoms with Crippen LogP contribution < -0.4 is 5.32 Å². The van der Waals surface area contributed by atoms with Crippen LogP contribution in [0.2, 0.25) is 5.02 Å². The molecule has 0 bridgehead atoms. The van der Waals surface area contributed by atoms with Crippen LogP contribution in [-0.2, 0) is 16.1 Å². The zero-order valence-corrected chi connectivity index (χ0v) is 13.8. The van der Waals surface area contributed by atoms with Crippen molar-refractivity contribution in [1.82, 2.24) is 10.2 Å². The van der Waals surface area contributed by atoms with E-state index in [1.165, 1.54) is 0 Å². The Morgan fingerprint density at radius 3 is 2.62 bits per heavy atom. The van der Waals surface area contributed by atoms with E-state index in [0.29, 0.717) is 32.3 Å². The predicted octanol–water partition coefficient (Wildman–Crippen LogP) is 2.49. The molecule has 2 rings (SSSR count). The van der Waals surface area contributed by atoms with E-state index < -0.39 is 0 Å². The molecule has 21 heavy (non-hydrogen) atoms. The van der Waals surface area contributed by atoms with Crippen LogP contribution in [0.15, 0.2) is 24.3 Å². The maximum Gasteiger partial charge on any atom is 0.237 e. The molecule has 1 aliphatic carbocycles. The molecule has 0 spiro atoms. The number of nitrogens with one attached hydrogen (secondary N) is 1. The van der Waals surface area contributed by atoms with Crippen molar-refractivity contribution in [1.29, 1.82) is 0 Å². The summed E-state index contributed by atoms with van der Waals surface area (Å²) in [5.74, 6) is 0.151. The summed E-state index contributed by atoms with van der Waals surface area (Å²) >= 11 is 5.88. The average Bonchev–Trinajstić information content (AvgIpc) is 3.27. The summed E-state index contributed by atoms with van der Waals surface area (Å²) in [6.07, 6.45) is 2.22. The molecule has 0 heterocycles. The summed E-state index contributed by atoms with van der Waals surface area (Å²) in [7, 11) is 1.65. The minimum absolute atomic E-state index is 0. The van der Waals surface area contributed by atoms with E-state index in [9.17, 15) is 4.79 Å². The normalized spacial score (nSPS) is 13.6. The van der Waals surface area contributed by atoms with Crippen LogP contribution in [0.4, 0.5) is 0 Å². The lowest BCUT2D eigenvalue weighted by Crippen LogP contribution is -2.39. The molecule has 6 heteroatoms. The molecule has 0 saturated heterocycles. The number of benzene rings is 1. The summed E-state index contributed by atoms with van der Waals surface area (Å²) < 4.78 is 4.95. The lowest BCUT2D eigenvalue weighted by Gasteiger charge is -2.23. The van der Waals surface area contributed by atoms with E-state index in [1.54, 1.807) is 7.11 Å². The molecule has 1 aliphatic rings. The first-order chi connectivity index (χ1) is 9.70. The SMILES string of the molecule is COCCNCC(=O)N(Cc1ccc(Cl)cc1)C1CC1.Cl. The highest BCUT2D eigenvalue weighted by Crippen LogP contribution is 2.28. The van der Waals surface area contributed by atoms with Gasteiger partial charge in [0.2, 0.25) is 5.91 Å². The third kappa shape index (κ3) is 6.22. The molecule has 4 nitrogen and oxygen atoms in total. The first-order valence-corrected chi connectivity index (χ1v) is 7.32. The molecule has 1 aromatic rings. The zero-order chi connectivity index (χ0) is 14.4. The second-order valence-electron chi connectivity index (χ2n) is 5.05. The van der Waals surface area contributed by atoms with Gasteiger partial charge in [-0.05, 0) is 30.5 Å². The fourth-order valence-corrected chi connectivity index (χ4v) is 2.19. The maximum atomic E-state index is 12.3. The summed E-state index contributed by atoms with van der Waals surface area (Å²) in [6.45, 7) is 2.34. The average molecular weight is 333 g/mol. The van der Waals surface area contributed by atoms with E-state index in [2.05, 4.69) is 5.32 Å². The van der Waals surface area contributed by atoms with Crippen LogP contribution in [0.5, 0.6) is 0 Å². The highest BCUT2D eigenvalue weighted by Gasteiger charge is 2.32. The van der Waals surface area contributed by atoms with Gasteiger partial charge in [-0.15, -0.1) is 12.4 Å². The van der Waals surface area contributed by atoms with Gasteiger partial charge in [0.05, 0.1) is 13.2 Å². The Hall–Kier alpha value is -0.810. The number of nitrogens with zero attached hydrogens (tertiary/aromatic N) is 1. The highest BCUT2D eigenvalue weighted by molar-refractivity contribution is 6.30. The van der Waals surface area contributed by atoms with Gasteiger partial charge < -0.3 is 15.0 Å². The van der Waals surface area contributed by atoms with Crippen molar-refractivity contribution in [2.24, 2.45) is 0 Å². The number of carbonyl (C=O) groups is 1.